The van der Waals surface area contributed by atoms with Gasteiger partial charge in [-0.15, -0.1) is 0 Å². The molecule has 2 rings (SSSR count). The number of aromatic nitrogens is 1. The fraction of sp³-hybridized carbons (Fsp3) is 0.667. The second-order valence-corrected chi connectivity index (χ2v) is 4.45. The van der Waals surface area contributed by atoms with E-state index in [1.165, 1.54) is 0 Å². The molecule has 1 saturated heterocycles. The smallest absolute Gasteiger partial charge is 0.318 e. The molecule has 5 heteroatoms. The van der Waals surface area contributed by atoms with Gasteiger partial charge in [0.2, 0.25) is 0 Å². The number of urea groups is 1. The first-order valence-corrected chi connectivity index (χ1v) is 6.20. The molecule has 94 valence electrons. The number of carbonyl (C=O) groups is 1. The first kappa shape index (κ1) is 12.0. The largest absolute Gasteiger partial charge is 0.359 e. The van der Waals surface area contributed by atoms with E-state index in [0.29, 0.717) is 0 Å². The van der Waals surface area contributed by atoms with Gasteiger partial charge < -0.3 is 14.7 Å². The number of amides is 2. The van der Waals surface area contributed by atoms with E-state index in [2.05, 4.69) is 10.5 Å². The molecule has 1 aromatic rings. The Bertz CT molecular complexity index is 389. The van der Waals surface area contributed by atoms with Crippen molar-refractivity contribution in [1.29, 1.82) is 0 Å². The van der Waals surface area contributed by atoms with Crippen molar-refractivity contribution in [3.05, 3.63) is 17.5 Å². The van der Waals surface area contributed by atoms with E-state index in [-0.39, 0.29) is 12.1 Å². The van der Waals surface area contributed by atoms with Gasteiger partial charge in [-0.2, -0.15) is 0 Å². The zero-order valence-electron chi connectivity index (χ0n) is 10.4. The minimum Gasteiger partial charge on any atom is -0.359 e. The Kier molecular flexibility index (Phi) is 3.66. The van der Waals surface area contributed by atoms with Crippen LogP contribution in [-0.2, 0) is 0 Å². The molecule has 2 amide bonds. The Morgan fingerprint density at radius 2 is 2.53 bits per heavy atom. The van der Waals surface area contributed by atoms with Crippen LogP contribution in [0.4, 0.5) is 4.79 Å². The number of nitrogens with one attached hydrogen (secondary N) is 1. The summed E-state index contributed by atoms with van der Waals surface area (Å²) in [6, 6.07) is 1.97. The van der Waals surface area contributed by atoms with Crippen molar-refractivity contribution in [2.75, 3.05) is 13.1 Å². The second-order valence-electron chi connectivity index (χ2n) is 4.45. The molecular formula is C12H19N3O2. The van der Waals surface area contributed by atoms with Crippen molar-refractivity contribution < 1.29 is 9.32 Å². The number of rotatable bonds is 3. The van der Waals surface area contributed by atoms with Crippen LogP contribution in [0.15, 0.2) is 10.6 Å². The molecule has 0 aliphatic carbocycles. The van der Waals surface area contributed by atoms with Crippen LogP contribution in [0, 0.1) is 6.92 Å². The Balaban J connectivity index is 2.04. The fourth-order valence-corrected chi connectivity index (χ4v) is 2.18. The van der Waals surface area contributed by atoms with Crippen LogP contribution in [0.1, 0.15) is 43.7 Å². The highest BCUT2D eigenvalue weighted by Crippen LogP contribution is 2.31. The monoisotopic (exact) mass is 237 g/mol. The summed E-state index contributed by atoms with van der Waals surface area (Å²) >= 11 is 0. The Morgan fingerprint density at radius 1 is 1.71 bits per heavy atom. The third-order valence-corrected chi connectivity index (χ3v) is 3.01. The maximum atomic E-state index is 11.9. The molecule has 1 N–H and O–H groups in total. The summed E-state index contributed by atoms with van der Waals surface area (Å²) in [5.41, 5.74) is 0.862. The van der Waals surface area contributed by atoms with Gasteiger partial charge in [0.05, 0.1) is 11.7 Å². The van der Waals surface area contributed by atoms with Gasteiger partial charge in [-0.3, -0.25) is 0 Å². The van der Waals surface area contributed by atoms with Crippen molar-refractivity contribution in [2.24, 2.45) is 0 Å². The van der Waals surface area contributed by atoms with Crippen molar-refractivity contribution in [1.82, 2.24) is 15.4 Å². The molecular weight excluding hydrogens is 218 g/mol. The van der Waals surface area contributed by atoms with Crippen molar-refractivity contribution >= 4 is 6.03 Å². The van der Waals surface area contributed by atoms with Crippen LogP contribution >= 0.6 is 0 Å². The average Bonchev–Trinajstić information content (AvgIpc) is 2.93. The summed E-state index contributed by atoms with van der Waals surface area (Å²) in [6.07, 6.45) is 2.92. The van der Waals surface area contributed by atoms with Crippen LogP contribution in [0.5, 0.6) is 0 Å². The summed E-state index contributed by atoms with van der Waals surface area (Å²) in [4.78, 5) is 13.8. The maximum absolute atomic E-state index is 11.9. The number of aryl methyl sites for hydroxylation is 1. The molecule has 1 aromatic heterocycles. The van der Waals surface area contributed by atoms with Crippen LogP contribution in [0.25, 0.3) is 0 Å². The highest BCUT2D eigenvalue weighted by molar-refractivity contribution is 5.74. The van der Waals surface area contributed by atoms with Crippen molar-refractivity contribution in [3.63, 3.8) is 0 Å². The third kappa shape index (κ3) is 2.60. The van der Waals surface area contributed by atoms with Crippen LogP contribution in [0.2, 0.25) is 0 Å². The van der Waals surface area contributed by atoms with Gasteiger partial charge >= 0.3 is 6.03 Å². The standard InChI is InChI=1S/C12H19N3O2/c1-3-6-13-12(16)15-7-4-5-10(15)11-8-9(2)14-17-11/h8,10H,3-7H2,1-2H3,(H,13,16)/t10-/m1/s1. The number of nitrogens with zero attached hydrogens (tertiary/aromatic N) is 2. The molecule has 0 aromatic carbocycles. The van der Waals surface area contributed by atoms with E-state index in [9.17, 15) is 4.79 Å². The van der Waals surface area contributed by atoms with Gasteiger partial charge in [-0.05, 0) is 26.2 Å². The molecule has 0 unspecified atom stereocenters. The highest BCUT2D eigenvalue weighted by atomic mass is 16.5. The lowest BCUT2D eigenvalue weighted by Crippen LogP contribution is -2.39. The van der Waals surface area contributed by atoms with E-state index in [1.807, 2.05) is 24.8 Å². The summed E-state index contributed by atoms with van der Waals surface area (Å²) in [7, 11) is 0. The molecule has 1 fully saturated rings. The Labute approximate surface area is 101 Å². The van der Waals surface area contributed by atoms with Gasteiger partial charge in [0, 0.05) is 19.2 Å². The molecule has 0 spiro atoms. The predicted molar refractivity (Wildman–Crippen MR) is 63.6 cm³/mol. The van der Waals surface area contributed by atoms with Gasteiger partial charge in [-0.25, -0.2) is 4.79 Å². The van der Waals surface area contributed by atoms with Gasteiger partial charge in [0.1, 0.15) is 0 Å². The first-order chi connectivity index (χ1) is 8.22. The summed E-state index contributed by atoms with van der Waals surface area (Å²) < 4.78 is 5.26. The highest BCUT2D eigenvalue weighted by Gasteiger charge is 2.32. The van der Waals surface area contributed by atoms with Gasteiger partial charge in [0.15, 0.2) is 5.76 Å². The summed E-state index contributed by atoms with van der Waals surface area (Å²) in [5, 5.41) is 6.79. The van der Waals surface area contributed by atoms with Crippen LogP contribution < -0.4 is 5.32 Å². The fourth-order valence-electron chi connectivity index (χ4n) is 2.18. The molecule has 1 aliphatic heterocycles. The third-order valence-electron chi connectivity index (χ3n) is 3.01. The molecule has 5 nitrogen and oxygen atoms in total. The van der Waals surface area contributed by atoms with Crippen molar-refractivity contribution in [2.45, 2.75) is 39.2 Å². The minimum absolute atomic E-state index is 0.00315. The maximum Gasteiger partial charge on any atom is 0.318 e. The molecule has 2 heterocycles. The molecule has 1 aliphatic rings. The van der Waals surface area contributed by atoms with E-state index in [4.69, 9.17) is 4.52 Å². The van der Waals surface area contributed by atoms with Crippen LogP contribution in [0.3, 0.4) is 0 Å². The molecule has 0 saturated carbocycles. The molecule has 0 radical (unpaired) electrons. The summed E-state index contributed by atoms with van der Waals surface area (Å²) in [6.45, 7) is 5.45. The van der Waals surface area contributed by atoms with Gasteiger partial charge in [0.25, 0.3) is 0 Å². The molecule has 0 bridgehead atoms. The lowest BCUT2D eigenvalue weighted by molar-refractivity contribution is 0.182. The zero-order chi connectivity index (χ0) is 12.3. The quantitative estimate of drug-likeness (QED) is 0.877. The first-order valence-electron chi connectivity index (χ1n) is 6.20. The van der Waals surface area contributed by atoms with E-state index >= 15 is 0 Å². The lowest BCUT2D eigenvalue weighted by atomic mass is 10.1. The summed E-state index contributed by atoms with van der Waals surface area (Å²) in [5.74, 6) is 0.798. The number of likely N-dealkylation sites (tertiary alicyclic amines) is 1. The number of hydrogen-bond acceptors (Lipinski definition) is 3. The van der Waals surface area contributed by atoms with Crippen LogP contribution in [-0.4, -0.2) is 29.2 Å². The van der Waals surface area contributed by atoms with Gasteiger partial charge in [-0.1, -0.05) is 12.1 Å². The topological polar surface area (TPSA) is 58.4 Å². The molecule has 17 heavy (non-hydrogen) atoms. The lowest BCUT2D eigenvalue weighted by Gasteiger charge is -2.22. The second kappa shape index (κ2) is 5.21. The predicted octanol–water partition coefficient (Wildman–Crippen LogP) is 2.24. The van der Waals surface area contributed by atoms with E-state index in [0.717, 1.165) is 43.8 Å². The zero-order valence-corrected chi connectivity index (χ0v) is 10.4. The Morgan fingerprint density at radius 3 is 3.18 bits per heavy atom. The normalized spacial score (nSPS) is 19.6. The molecule has 1 atom stereocenters. The number of carbonyl (C=O) groups excluding carboxylic acids is 1. The van der Waals surface area contributed by atoms with E-state index < -0.39 is 0 Å². The van der Waals surface area contributed by atoms with E-state index in [1.54, 1.807) is 0 Å². The SMILES string of the molecule is CCCNC(=O)N1CCC[C@@H]1c1cc(C)no1. The average molecular weight is 237 g/mol. The minimum atomic E-state index is 0.00315. The number of hydrogen-bond donors (Lipinski definition) is 1. The van der Waals surface area contributed by atoms with Crippen molar-refractivity contribution in [3.8, 4) is 0 Å². The Hall–Kier alpha value is -1.52.